The van der Waals surface area contributed by atoms with Crippen molar-refractivity contribution in [1.29, 1.82) is 0 Å². The highest BCUT2D eigenvalue weighted by molar-refractivity contribution is 9.10. The lowest BCUT2D eigenvalue weighted by Gasteiger charge is -2.23. The molecule has 5 heteroatoms. The average Bonchev–Trinajstić information content (AvgIpc) is 2.95. The summed E-state index contributed by atoms with van der Waals surface area (Å²) in [6, 6.07) is 8.14. The molecule has 106 valence electrons. The van der Waals surface area contributed by atoms with Crippen molar-refractivity contribution in [2.24, 2.45) is 0 Å². The SMILES string of the molecule is Cc1sc(-c2cccc([C@]3(O)CCN(C)C3)c2)nc1Br. The van der Waals surface area contributed by atoms with Crippen LogP contribution in [0.15, 0.2) is 28.9 Å². The maximum atomic E-state index is 10.8. The van der Waals surface area contributed by atoms with Crippen LogP contribution in [0, 0.1) is 6.92 Å². The third-order valence-corrected chi connectivity index (χ3v) is 5.88. The van der Waals surface area contributed by atoms with Crippen molar-refractivity contribution in [3.05, 3.63) is 39.3 Å². The van der Waals surface area contributed by atoms with Crippen LogP contribution in [0.1, 0.15) is 16.9 Å². The Hall–Kier alpha value is -0.750. The standard InChI is InChI=1S/C15H17BrN2OS/c1-10-13(16)17-14(20-10)11-4-3-5-12(8-11)15(19)6-7-18(2)9-15/h3-5,8,19H,6-7,9H2,1-2H3/t15-/m0/s1. The minimum Gasteiger partial charge on any atom is -0.384 e. The van der Waals surface area contributed by atoms with Crippen LogP contribution in [0.5, 0.6) is 0 Å². The molecule has 0 unspecified atom stereocenters. The molecule has 1 saturated heterocycles. The highest BCUT2D eigenvalue weighted by Crippen LogP contribution is 2.35. The van der Waals surface area contributed by atoms with Crippen LogP contribution in [-0.2, 0) is 5.60 Å². The summed E-state index contributed by atoms with van der Waals surface area (Å²) in [5.74, 6) is 0. The second-order valence-corrected chi connectivity index (χ2v) is 7.42. The van der Waals surface area contributed by atoms with Crippen molar-refractivity contribution >= 4 is 27.3 Å². The first-order chi connectivity index (χ1) is 9.48. The fourth-order valence-corrected chi connectivity index (χ4v) is 4.00. The number of rotatable bonds is 2. The number of aryl methyl sites for hydroxylation is 1. The molecular weight excluding hydrogens is 336 g/mol. The molecular formula is C15H17BrN2OS. The molecule has 3 rings (SSSR count). The minimum absolute atomic E-state index is 0.692. The Kier molecular flexibility index (Phi) is 3.71. The van der Waals surface area contributed by atoms with Crippen LogP contribution >= 0.6 is 27.3 Å². The van der Waals surface area contributed by atoms with Gasteiger partial charge in [0, 0.05) is 23.5 Å². The molecule has 0 amide bonds. The molecule has 3 nitrogen and oxygen atoms in total. The molecule has 0 aliphatic carbocycles. The Morgan fingerprint density at radius 2 is 2.25 bits per heavy atom. The van der Waals surface area contributed by atoms with E-state index in [1.54, 1.807) is 11.3 Å². The summed E-state index contributed by atoms with van der Waals surface area (Å²) in [5, 5.41) is 11.8. The number of thiazole rings is 1. The first-order valence-corrected chi connectivity index (χ1v) is 8.24. The van der Waals surface area contributed by atoms with E-state index >= 15 is 0 Å². The predicted octanol–water partition coefficient (Wildman–Crippen LogP) is 3.40. The van der Waals surface area contributed by atoms with Crippen LogP contribution in [-0.4, -0.2) is 35.1 Å². The maximum absolute atomic E-state index is 10.8. The van der Waals surface area contributed by atoms with Crippen LogP contribution in [0.25, 0.3) is 10.6 Å². The van der Waals surface area contributed by atoms with E-state index in [0.717, 1.165) is 33.7 Å². The first-order valence-electron chi connectivity index (χ1n) is 6.63. The summed E-state index contributed by atoms with van der Waals surface area (Å²) in [6.07, 6.45) is 0.785. The zero-order chi connectivity index (χ0) is 14.3. The lowest BCUT2D eigenvalue weighted by Crippen LogP contribution is -2.29. The van der Waals surface area contributed by atoms with Crippen molar-refractivity contribution in [2.75, 3.05) is 20.1 Å². The van der Waals surface area contributed by atoms with E-state index in [0.29, 0.717) is 6.54 Å². The van der Waals surface area contributed by atoms with Gasteiger partial charge in [0.15, 0.2) is 0 Å². The van der Waals surface area contributed by atoms with E-state index in [1.807, 2.05) is 19.2 Å². The number of aliphatic hydroxyl groups is 1. The van der Waals surface area contributed by atoms with Gasteiger partial charge in [-0.25, -0.2) is 4.98 Å². The van der Waals surface area contributed by atoms with Gasteiger partial charge in [-0.05, 0) is 48.0 Å². The van der Waals surface area contributed by atoms with Crippen LogP contribution in [0.4, 0.5) is 0 Å². The van der Waals surface area contributed by atoms with Gasteiger partial charge in [0.2, 0.25) is 0 Å². The number of likely N-dealkylation sites (N-methyl/N-ethyl adjacent to an activating group) is 1. The van der Waals surface area contributed by atoms with Crippen molar-refractivity contribution in [2.45, 2.75) is 18.9 Å². The summed E-state index contributed by atoms with van der Waals surface area (Å²) < 4.78 is 0.905. The average molecular weight is 353 g/mol. The Balaban J connectivity index is 1.98. The third kappa shape index (κ3) is 2.55. The number of nitrogens with zero attached hydrogens (tertiary/aromatic N) is 2. The van der Waals surface area contributed by atoms with E-state index in [1.165, 1.54) is 4.88 Å². The van der Waals surface area contributed by atoms with Gasteiger partial charge >= 0.3 is 0 Å². The molecule has 1 N–H and O–H groups in total. The Bertz CT molecular complexity index is 623. The van der Waals surface area contributed by atoms with E-state index in [-0.39, 0.29) is 0 Å². The smallest absolute Gasteiger partial charge is 0.124 e. The highest BCUT2D eigenvalue weighted by Gasteiger charge is 2.36. The second-order valence-electron chi connectivity index (χ2n) is 5.47. The van der Waals surface area contributed by atoms with Gasteiger partial charge in [0.05, 0.1) is 0 Å². The largest absolute Gasteiger partial charge is 0.384 e. The molecule has 0 saturated carbocycles. The van der Waals surface area contributed by atoms with Crippen LogP contribution in [0.2, 0.25) is 0 Å². The number of likely N-dealkylation sites (tertiary alicyclic amines) is 1. The van der Waals surface area contributed by atoms with Crippen LogP contribution in [0.3, 0.4) is 0 Å². The molecule has 0 bridgehead atoms. The van der Waals surface area contributed by atoms with Crippen molar-refractivity contribution in [3.8, 4) is 10.6 Å². The van der Waals surface area contributed by atoms with Crippen LogP contribution < -0.4 is 0 Å². The zero-order valence-electron chi connectivity index (χ0n) is 11.6. The van der Waals surface area contributed by atoms with Gasteiger partial charge in [-0.2, -0.15) is 0 Å². The number of hydrogen-bond acceptors (Lipinski definition) is 4. The quantitative estimate of drug-likeness (QED) is 0.899. The number of benzene rings is 1. The zero-order valence-corrected chi connectivity index (χ0v) is 14.0. The molecule has 1 fully saturated rings. The fraction of sp³-hybridized carbons (Fsp3) is 0.400. The van der Waals surface area contributed by atoms with E-state index < -0.39 is 5.60 Å². The summed E-state index contributed by atoms with van der Waals surface area (Å²) in [7, 11) is 2.04. The lowest BCUT2D eigenvalue weighted by molar-refractivity contribution is 0.0489. The Morgan fingerprint density at radius 3 is 2.85 bits per heavy atom. The van der Waals surface area contributed by atoms with Gasteiger partial charge in [-0.15, -0.1) is 11.3 Å². The predicted molar refractivity (Wildman–Crippen MR) is 86.0 cm³/mol. The van der Waals surface area contributed by atoms with E-state index in [2.05, 4.69) is 44.9 Å². The number of hydrogen-bond donors (Lipinski definition) is 1. The number of β-amino-alcohol motifs (C(OH)–C–C–N with tert-alkyl or cyclic N) is 1. The summed E-state index contributed by atoms with van der Waals surface area (Å²) in [5.41, 5.74) is 1.33. The van der Waals surface area contributed by atoms with Crippen molar-refractivity contribution < 1.29 is 5.11 Å². The number of aromatic nitrogens is 1. The summed E-state index contributed by atoms with van der Waals surface area (Å²) >= 11 is 5.13. The second kappa shape index (κ2) is 5.22. The normalized spacial score (nSPS) is 23.4. The van der Waals surface area contributed by atoms with Crippen molar-refractivity contribution in [1.82, 2.24) is 9.88 Å². The first kappa shape index (κ1) is 14.2. The summed E-state index contributed by atoms with van der Waals surface area (Å²) in [6.45, 7) is 3.67. The van der Waals surface area contributed by atoms with Gasteiger partial charge < -0.3 is 10.0 Å². The molecule has 1 aliphatic heterocycles. The summed E-state index contributed by atoms with van der Waals surface area (Å²) in [4.78, 5) is 7.86. The Morgan fingerprint density at radius 1 is 1.45 bits per heavy atom. The monoisotopic (exact) mass is 352 g/mol. The molecule has 20 heavy (non-hydrogen) atoms. The molecule has 1 atom stereocenters. The molecule has 2 heterocycles. The minimum atomic E-state index is -0.728. The van der Waals surface area contributed by atoms with Gasteiger partial charge in [-0.3, -0.25) is 0 Å². The molecule has 1 aromatic heterocycles. The van der Waals surface area contributed by atoms with E-state index in [9.17, 15) is 5.11 Å². The topological polar surface area (TPSA) is 36.4 Å². The third-order valence-electron chi connectivity index (χ3n) is 3.83. The fourth-order valence-electron chi connectivity index (χ4n) is 2.66. The van der Waals surface area contributed by atoms with Crippen molar-refractivity contribution in [3.63, 3.8) is 0 Å². The molecule has 0 spiro atoms. The van der Waals surface area contributed by atoms with E-state index in [4.69, 9.17) is 0 Å². The van der Waals surface area contributed by atoms with Gasteiger partial charge in [-0.1, -0.05) is 18.2 Å². The Labute approximate surface area is 131 Å². The number of halogens is 1. The molecule has 1 aliphatic rings. The molecule has 1 aromatic carbocycles. The lowest BCUT2D eigenvalue weighted by atomic mass is 9.92. The van der Waals surface area contributed by atoms with Gasteiger partial charge in [0.25, 0.3) is 0 Å². The molecule has 2 aromatic rings. The highest BCUT2D eigenvalue weighted by atomic mass is 79.9. The van der Waals surface area contributed by atoms with Gasteiger partial charge in [0.1, 0.15) is 15.2 Å². The maximum Gasteiger partial charge on any atom is 0.124 e. The molecule has 0 radical (unpaired) electrons.